The van der Waals surface area contributed by atoms with Crippen molar-refractivity contribution in [2.75, 3.05) is 0 Å². The molecule has 0 unspecified atom stereocenters. The van der Waals surface area contributed by atoms with E-state index in [0.29, 0.717) is 6.42 Å². The van der Waals surface area contributed by atoms with Gasteiger partial charge in [-0.25, -0.2) is 0 Å². The average molecular weight is 212 g/mol. The predicted octanol–water partition coefficient (Wildman–Crippen LogP) is 2.19. The molecule has 1 aliphatic rings. The molecule has 1 rings (SSSR count). The number of carbonyl (C=O) groups excluding carboxylic acids is 2. The molecular formula is C12H20O3. The van der Waals surface area contributed by atoms with Crippen LogP contribution in [-0.4, -0.2) is 17.9 Å². The minimum Gasteiger partial charge on any atom is -0.461 e. The fraction of sp³-hybridized carbons (Fsp3) is 0.833. The van der Waals surface area contributed by atoms with Crippen LogP contribution in [0.25, 0.3) is 0 Å². The first-order valence-corrected chi connectivity index (χ1v) is 5.47. The Balaban J connectivity index is 2.73. The van der Waals surface area contributed by atoms with Gasteiger partial charge in [-0.05, 0) is 0 Å². The van der Waals surface area contributed by atoms with Crippen LogP contribution >= 0.6 is 0 Å². The number of cyclic esters (lactones) is 1. The van der Waals surface area contributed by atoms with Gasteiger partial charge in [0.15, 0.2) is 0 Å². The van der Waals surface area contributed by atoms with Gasteiger partial charge in [-0.3, -0.25) is 9.59 Å². The van der Waals surface area contributed by atoms with Crippen molar-refractivity contribution in [1.29, 1.82) is 0 Å². The maximum atomic E-state index is 12.0. The van der Waals surface area contributed by atoms with Gasteiger partial charge in [-0.2, -0.15) is 0 Å². The van der Waals surface area contributed by atoms with Crippen molar-refractivity contribution in [3.8, 4) is 0 Å². The van der Waals surface area contributed by atoms with Gasteiger partial charge >= 0.3 is 5.97 Å². The molecule has 0 aromatic rings. The number of rotatable bonds is 2. The molecule has 0 bridgehead atoms. The summed E-state index contributed by atoms with van der Waals surface area (Å²) in [6.45, 7) is 9.50. The molecule has 0 aliphatic carbocycles. The Bertz CT molecular complexity index is 275. The summed E-state index contributed by atoms with van der Waals surface area (Å²) in [7, 11) is 0. The molecule has 1 fully saturated rings. The SMILES string of the molecule is C[C@H]1CC(=O)O[C@@H]1[C@@H](C)C(=O)C(C)(C)C. The Labute approximate surface area is 91.2 Å². The summed E-state index contributed by atoms with van der Waals surface area (Å²) in [5.41, 5.74) is -0.367. The lowest BCUT2D eigenvalue weighted by Gasteiger charge is -2.27. The van der Waals surface area contributed by atoms with E-state index in [1.165, 1.54) is 0 Å². The van der Waals surface area contributed by atoms with Crippen molar-refractivity contribution in [3.63, 3.8) is 0 Å². The number of hydrogen-bond donors (Lipinski definition) is 0. The summed E-state index contributed by atoms with van der Waals surface area (Å²) in [5, 5.41) is 0. The van der Waals surface area contributed by atoms with Crippen molar-refractivity contribution < 1.29 is 14.3 Å². The van der Waals surface area contributed by atoms with Crippen molar-refractivity contribution in [1.82, 2.24) is 0 Å². The van der Waals surface area contributed by atoms with Gasteiger partial charge in [0, 0.05) is 11.3 Å². The van der Waals surface area contributed by atoms with E-state index in [1.54, 1.807) is 0 Å². The van der Waals surface area contributed by atoms with Crippen molar-refractivity contribution in [3.05, 3.63) is 0 Å². The highest BCUT2D eigenvalue weighted by Crippen LogP contribution is 2.31. The third kappa shape index (κ3) is 2.58. The van der Waals surface area contributed by atoms with Crippen LogP contribution in [0.4, 0.5) is 0 Å². The number of carbonyl (C=O) groups is 2. The molecular weight excluding hydrogens is 192 g/mol. The third-order valence-electron chi connectivity index (χ3n) is 2.96. The highest BCUT2D eigenvalue weighted by Gasteiger charge is 2.41. The van der Waals surface area contributed by atoms with E-state index >= 15 is 0 Å². The summed E-state index contributed by atoms with van der Waals surface area (Å²) in [6.07, 6.45) is 0.205. The zero-order chi connectivity index (χ0) is 11.8. The highest BCUT2D eigenvalue weighted by atomic mass is 16.6. The predicted molar refractivity (Wildman–Crippen MR) is 57.3 cm³/mol. The van der Waals surface area contributed by atoms with Crippen molar-refractivity contribution in [2.45, 2.75) is 47.1 Å². The van der Waals surface area contributed by atoms with E-state index in [4.69, 9.17) is 4.74 Å². The summed E-state index contributed by atoms with van der Waals surface area (Å²) in [5.74, 6) is -0.0691. The van der Waals surface area contributed by atoms with Gasteiger partial charge in [0.1, 0.15) is 11.9 Å². The monoisotopic (exact) mass is 212 g/mol. The fourth-order valence-corrected chi connectivity index (χ4v) is 2.12. The van der Waals surface area contributed by atoms with Crippen LogP contribution in [0.1, 0.15) is 41.0 Å². The smallest absolute Gasteiger partial charge is 0.306 e. The summed E-state index contributed by atoms with van der Waals surface area (Å²) in [6, 6.07) is 0. The van der Waals surface area contributed by atoms with Crippen LogP contribution in [0.2, 0.25) is 0 Å². The normalized spacial score (nSPS) is 28.7. The number of ether oxygens (including phenoxy) is 1. The molecule has 0 saturated carbocycles. The lowest BCUT2D eigenvalue weighted by Crippen LogP contribution is -2.36. The zero-order valence-corrected chi connectivity index (χ0v) is 10.2. The van der Waals surface area contributed by atoms with Crippen molar-refractivity contribution in [2.24, 2.45) is 17.3 Å². The molecule has 0 N–H and O–H groups in total. The van der Waals surface area contributed by atoms with Crippen LogP contribution < -0.4 is 0 Å². The van der Waals surface area contributed by atoms with Gasteiger partial charge < -0.3 is 4.74 Å². The van der Waals surface area contributed by atoms with Gasteiger partial charge in [0.05, 0.1) is 12.3 Å². The number of esters is 1. The molecule has 3 atom stereocenters. The minimum absolute atomic E-state index is 0.152. The Kier molecular flexibility index (Phi) is 3.22. The van der Waals surface area contributed by atoms with E-state index in [1.807, 2.05) is 34.6 Å². The molecule has 0 aromatic heterocycles. The van der Waals surface area contributed by atoms with Crippen LogP contribution in [0.15, 0.2) is 0 Å². The lowest BCUT2D eigenvalue weighted by molar-refractivity contribution is -0.146. The first kappa shape index (κ1) is 12.2. The Morgan fingerprint density at radius 3 is 2.33 bits per heavy atom. The minimum atomic E-state index is -0.367. The number of Topliss-reactive ketones (excluding diaryl/α,β-unsaturated/α-hetero) is 1. The molecule has 1 saturated heterocycles. The molecule has 3 heteroatoms. The van der Waals surface area contributed by atoms with Gasteiger partial charge in [0.2, 0.25) is 0 Å². The molecule has 0 amide bonds. The maximum absolute atomic E-state index is 12.0. The second-order valence-corrected chi connectivity index (χ2v) is 5.54. The molecule has 1 aliphatic heterocycles. The second-order valence-electron chi connectivity index (χ2n) is 5.54. The number of ketones is 1. The van der Waals surface area contributed by atoms with Gasteiger partial charge in [-0.1, -0.05) is 34.6 Å². The Hall–Kier alpha value is -0.860. The van der Waals surface area contributed by atoms with Crippen molar-refractivity contribution >= 4 is 11.8 Å². The number of hydrogen-bond acceptors (Lipinski definition) is 3. The summed E-state index contributed by atoms with van der Waals surface area (Å²) < 4.78 is 5.19. The van der Waals surface area contributed by atoms with Crippen LogP contribution in [0.3, 0.4) is 0 Å². The lowest BCUT2D eigenvalue weighted by atomic mass is 9.79. The Morgan fingerprint density at radius 1 is 1.47 bits per heavy atom. The zero-order valence-electron chi connectivity index (χ0n) is 10.2. The first-order chi connectivity index (χ1) is 6.73. The standard InChI is InChI=1S/C12H20O3/c1-7-6-9(13)15-10(7)8(2)11(14)12(3,4)5/h7-8,10H,6H2,1-5H3/t7-,8+,10-/m0/s1. The first-order valence-electron chi connectivity index (χ1n) is 5.47. The second kappa shape index (κ2) is 3.95. The molecule has 86 valence electrons. The molecule has 0 aromatic carbocycles. The van der Waals surface area contributed by atoms with Crippen LogP contribution in [-0.2, 0) is 14.3 Å². The summed E-state index contributed by atoms with van der Waals surface area (Å²) >= 11 is 0. The summed E-state index contributed by atoms with van der Waals surface area (Å²) in [4.78, 5) is 23.1. The van der Waals surface area contributed by atoms with Crippen LogP contribution in [0, 0.1) is 17.3 Å². The largest absolute Gasteiger partial charge is 0.461 e. The van der Waals surface area contributed by atoms with E-state index in [2.05, 4.69) is 0 Å². The molecule has 3 nitrogen and oxygen atoms in total. The van der Waals surface area contributed by atoms with Gasteiger partial charge in [-0.15, -0.1) is 0 Å². The van der Waals surface area contributed by atoms with Gasteiger partial charge in [0.25, 0.3) is 0 Å². The topological polar surface area (TPSA) is 43.4 Å². The molecule has 0 spiro atoms. The highest BCUT2D eigenvalue weighted by molar-refractivity contribution is 5.87. The Morgan fingerprint density at radius 2 is 2.00 bits per heavy atom. The van der Waals surface area contributed by atoms with E-state index in [0.717, 1.165) is 0 Å². The molecule has 15 heavy (non-hydrogen) atoms. The molecule has 1 heterocycles. The third-order valence-corrected chi connectivity index (χ3v) is 2.96. The quantitative estimate of drug-likeness (QED) is 0.659. The fourth-order valence-electron chi connectivity index (χ4n) is 2.12. The van der Waals surface area contributed by atoms with E-state index in [-0.39, 0.29) is 35.1 Å². The average Bonchev–Trinajstić information content (AvgIpc) is 2.41. The van der Waals surface area contributed by atoms with Crippen LogP contribution in [0.5, 0.6) is 0 Å². The van der Waals surface area contributed by atoms with E-state index in [9.17, 15) is 9.59 Å². The van der Waals surface area contributed by atoms with E-state index < -0.39 is 0 Å². The maximum Gasteiger partial charge on any atom is 0.306 e. The molecule has 0 radical (unpaired) electrons.